The van der Waals surface area contributed by atoms with E-state index in [0.29, 0.717) is 0 Å². The number of hydrogen-bond acceptors (Lipinski definition) is 4. The first-order chi connectivity index (χ1) is 7.63. The first kappa shape index (κ1) is 14.6. The average Bonchev–Trinajstić information content (AvgIpc) is 2.18. The predicted octanol–water partition coefficient (Wildman–Crippen LogP) is 1.85. The van der Waals surface area contributed by atoms with Gasteiger partial charge < -0.3 is 14.3 Å². The lowest BCUT2D eigenvalue weighted by molar-refractivity contribution is -0.152. The van der Waals surface area contributed by atoms with E-state index in [-0.39, 0.29) is 17.4 Å². The van der Waals surface area contributed by atoms with Crippen LogP contribution < -0.4 is 0 Å². The molecule has 0 amide bonds. The normalized spacial score (nSPS) is 26.4. The highest BCUT2D eigenvalue weighted by atomic mass is 28.4. The molecule has 0 aromatic heterocycles. The summed E-state index contributed by atoms with van der Waals surface area (Å²) in [6.45, 7) is 10.9. The maximum absolute atomic E-state index is 11.5. The van der Waals surface area contributed by atoms with Crippen LogP contribution in [-0.4, -0.2) is 38.2 Å². The van der Waals surface area contributed by atoms with Gasteiger partial charge in [-0.05, 0) is 30.3 Å². The van der Waals surface area contributed by atoms with Crippen molar-refractivity contribution in [1.82, 2.24) is 0 Å². The third-order valence-corrected chi connectivity index (χ3v) is 7.95. The molecule has 0 spiro atoms. The molecule has 0 radical (unpaired) electrons. The zero-order chi connectivity index (χ0) is 13.3. The van der Waals surface area contributed by atoms with Gasteiger partial charge in [-0.2, -0.15) is 0 Å². The van der Waals surface area contributed by atoms with E-state index < -0.39 is 20.7 Å². The van der Waals surface area contributed by atoms with Gasteiger partial charge in [0, 0.05) is 0 Å². The van der Waals surface area contributed by atoms with Crippen LogP contribution in [0.25, 0.3) is 0 Å². The Hall–Kier alpha value is -0.493. The van der Waals surface area contributed by atoms with Crippen molar-refractivity contribution in [3.63, 3.8) is 0 Å². The molecule has 0 bridgehead atoms. The summed E-state index contributed by atoms with van der Waals surface area (Å²) in [5.74, 6) is -0.144. The van der Waals surface area contributed by atoms with Gasteiger partial charge in [-0.25, -0.2) is 0 Å². The lowest BCUT2D eigenvalue weighted by Gasteiger charge is -2.37. The van der Waals surface area contributed by atoms with Crippen molar-refractivity contribution in [2.75, 3.05) is 6.61 Å². The molecule has 1 aliphatic rings. The maximum Gasteiger partial charge on any atom is 0.192 e. The van der Waals surface area contributed by atoms with Crippen LogP contribution in [0.1, 0.15) is 20.8 Å². The highest BCUT2D eigenvalue weighted by Crippen LogP contribution is 2.36. The summed E-state index contributed by atoms with van der Waals surface area (Å²) in [6.07, 6.45) is 1.02. The Morgan fingerprint density at radius 2 is 2.06 bits per heavy atom. The summed E-state index contributed by atoms with van der Waals surface area (Å²) in [6, 6.07) is 0. The van der Waals surface area contributed by atoms with Crippen molar-refractivity contribution in [1.29, 1.82) is 0 Å². The van der Waals surface area contributed by atoms with Crippen LogP contribution in [0.15, 0.2) is 12.2 Å². The van der Waals surface area contributed by atoms with Gasteiger partial charge in [0.2, 0.25) is 0 Å². The molecular weight excluding hydrogens is 236 g/mol. The van der Waals surface area contributed by atoms with E-state index in [1.165, 1.54) is 12.2 Å². The third-order valence-electron chi connectivity index (χ3n) is 3.45. The van der Waals surface area contributed by atoms with E-state index in [2.05, 4.69) is 33.9 Å². The van der Waals surface area contributed by atoms with E-state index >= 15 is 0 Å². The van der Waals surface area contributed by atoms with E-state index in [4.69, 9.17) is 9.16 Å². The Morgan fingerprint density at radius 1 is 1.47 bits per heavy atom. The van der Waals surface area contributed by atoms with Gasteiger partial charge in [0.15, 0.2) is 20.4 Å². The molecule has 1 rings (SSSR count). The van der Waals surface area contributed by atoms with Crippen LogP contribution in [0.4, 0.5) is 0 Å². The van der Waals surface area contributed by atoms with Gasteiger partial charge in [-0.1, -0.05) is 20.8 Å². The first-order valence-electron chi connectivity index (χ1n) is 5.83. The SMILES string of the molecule is CC(C)(C)[Si](C)(C)OC[C@@H]1O[C@@H](O)C=CC1=O. The minimum Gasteiger partial charge on any atom is -0.414 e. The van der Waals surface area contributed by atoms with Gasteiger partial charge in [0.1, 0.15) is 6.10 Å². The fourth-order valence-electron chi connectivity index (χ4n) is 1.19. The molecule has 4 nitrogen and oxygen atoms in total. The van der Waals surface area contributed by atoms with Gasteiger partial charge in [-0.15, -0.1) is 0 Å². The molecule has 0 aromatic rings. The minimum absolute atomic E-state index is 0.0964. The third kappa shape index (κ3) is 3.74. The second kappa shape index (κ2) is 5.02. The zero-order valence-electron chi connectivity index (χ0n) is 11.2. The highest BCUT2D eigenvalue weighted by molar-refractivity contribution is 6.74. The van der Waals surface area contributed by atoms with Gasteiger partial charge in [-0.3, -0.25) is 4.79 Å². The zero-order valence-corrected chi connectivity index (χ0v) is 12.2. The number of hydrogen-bond donors (Lipinski definition) is 1. The van der Waals surface area contributed by atoms with Crippen LogP contribution in [-0.2, 0) is 14.0 Å². The highest BCUT2D eigenvalue weighted by Gasteiger charge is 2.38. The van der Waals surface area contributed by atoms with Crippen molar-refractivity contribution < 1.29 is 19.1 Å². The van der Waals surface area contributed by atoms with Crippen LogP contribution >= 0.6 is 0 Å². The fourth-order valence-corrected chi connectivity index (χ4v) is 2.19. The van der Waals surface area contributed by atoms with Crippen molar-refractivity contribution in [3.8, 4) is 0 Å². The topological polar surface area (TPSA) is 55.8 Å². The maximum atomic E-state index is 11.5. The predicted molar refractivity (Wildman–Crippen MR) is 68.2 cm³/mol. The van der Waals surface area contributed by atoms with Crippen LogP contribution in [0.5, 0.6) is 0 Å². The monoisotopic (exact) mass is 258 g/mol. The molecule has 0 unspecified atom stereocenters. The Balaban J connectivity index is 2.57. The van der Waals surface area contributed by atoms with E-state index in [9.17, 15) is 9.90 Å². The van der Waals surface area contributed by atoms with E-state index in [1.807, 2.05) is 0 Å². The molecule has 5 heteroatoms. The largest absolute Gasteiger partial charge is 0.414 e. The van der Waals surface area contributed by atoms with Gasteiger partial charge in [0.25, 0.3) is 0 Å². The van der Waals surface area contributed by atoms with Crippen LogP contribution in [0, 0.1) is 0 Å². The molecule has 0 aromatic carbocycles. The number of ether oxygens (including phenoxy) is 1. The summed E-state index contributed by atoms with van der Waals surface area (Å²) in [7, 11) is -1.88. The average molecular weight is 258 g/mol. The number of rotatable bonds is 3. The molecule has 0 saturated heterocycles. The summed E-state index contributed by atoms with van der Waals surface area (Å²) in [5, 5.41) is 9.38. The number of aliphatic hydroxyl groups excluding tert-OH is 1. The summed E-state index contributed by atoms with van der Waals surface area (Å²) < 4.78 is 11.0. The number of carbonyl (C=O) groups is 1. The standard InChI is InChI=1S/C12H22O4Si/c1-12(2,3)17(4,5)15-8-10-9(13)6-7-11(14)16-10/h6-7,10-11,14H,8H2,1-5H3/t10-,11+/m0/s1. The summed E-state index contributed by atoms with van der Waals surface area (Å²) in [5.41, 5.74) is 0. The lowest BCUT2D eigenvalue weighted by atomic mass is 10.2. The number of ketones is 1. The van der Waals surface area contributed by atoms with Crippen molar-refractivity contribution in [3.05, 3.63) is 12.2 Å². The molecule has 1 N–H and O–H groups in total. The second-order valence-electron chi connectivity index (χ2n) is 5.85. The molecule has 0 saturated carbocycles. The number of aliphatic hydroxyl groups is 1. The minimum atomic E-state index is -1.88. The van der Waals surface area contributed by atoms with E-state index in [1.54, 1.807) is 0 Å². The molecule has 2 atom stereocenters. The molecule has 1 aliphatic heterocycles. The van der Waals surface area contributed by atoms with Crippen LogP contribution in [0.3, 0.4) is 0 Å². The Morgan fingerprint density at radius 3 is 2.59 bits per heavy atom. The van der Waals surface area contributed by atoms with Gasteiger partial charge >= 0.3 is 0 Å². The van der Waals surface area contributed by atoms with Gasteiger partial charge in [0.05, 0.1) is 6.61 Å². The van der Waals surface area contributed by atoms with Crippen LogP contribution in [0.2, 0.25) is 18.1 Å². The Kier molecular flexibility index (Phi) is 4.30. The van der Waals surface area contributed by atoms with E-state index in [0.717, 1.165) is 0 Å². The van der Waals surface area contributed by atoms with Crippen molar-refractivity contribution >= 4 is 14.1 Å². The summed E-state index contributed by atoms with van der Waals surface area (Å²) in [4.78, 5) is 11.5. The smallest absolute Gasteiger partial charge is 0.192 e. The summed E-state index contributed by atoms with van der Waals surface area (Å²) >= 11 is 0. The van der Waals surface area contributed by atoms with Crippen molar-refractivity contribution in [2.24, 2.45) is 0 Å². The molecule has 17 heavy (non-hydrogen) atoms. The molecule has 98 valence electrons. The molecule has 0 aliphatic carbocycles. The quantitative estimate of drug-likeness (QED) is 0.785. The molecule has 0 fully saturated rings. The Labute approximate surface area is 104 Å². The molecule has 1 heterocycles. The Bertz CT molecular complexity index is 317. The first-order valence-corrected chi connectivity index (χ1v) is 8.74. The van der Waals surface area contributed by atoms with Crippen molar-refractivity contribution in [2.45, 2.75) is 51.3 Å². The second-order valence-corrected chi connectivity index (χ2v) is 10.7. The lowest BCUT2D eigenvalue weighted by Crippen LogP contribution is -2.45. The molecular formula is C12H22O4Si. The fraction of sp³-hybridized carbons (Fsp3) is 0.750. The number of carbonyl (C=O) groups excluding carboxylic acids is 1.